The van der Waals surface area contributed by atoms with Crippen LogP contribution in [0.1, 0.15) is 53.2 Å². The second-order valence-corrected chi connectivity index (χ2v) is 9.79. The first kappa shape index (κ1) is 26.7. The Morgan fingerprint density at radius 3 is 2.32 bits per heavy atom. The molecule has 7 nitrogen and oxygen atoms in total. The summed E-state index contributed by atoms with van der Waals surface area (Å²) in [4.78, 5) is 50.7. The number of Topliss-reactive ketones (excluding diaryl/α,β-unsaturated/α-hetero) is 1. The van der Waals surface area contributed by atoms with Gasteiger partial charge in [0.2, 0.25) is 11.7 Å². The lowest BCUT2D eigenvalue weighted by atomic mass is 10.1. The molecule has 194 valence electrons. The zero-order valence-electron chi connectivity index (χ0n) is 22.0. The van der Waals surface area contributed by atoms with Crippen LogP contribution in [0.4, 0.5) is 5.69 Å². The number of hydrogen-bond donors (Lipinski definition) is 0. The Hall–Kier alpha value is -4.39. The maximum atomic E-state index is 13.5. The van der Waals surface area contributed by atoms with Crippen LogP contribution >= 0.6 is 0 Å². The largest absolute Gasteiger partial charge is 0.342 e. The third-order valence-electron chi connectivity index (χ3n) is 6.38. The fourth-order valence-corrected chi connectivity index (χ4v) is 4.18. The quantitative estimate of drug-likeness (QED) is 0.207. The van der Waals surface area contributed by atoms with Crippen LogP contribution in [-0.2, 0) is 11.3 Å². The van der Waals surface area contributed by atoms with E-state index in [4.69, 9.17) is 0 Å². The standard InChI is InChI=1S/C31H32N4O3/c1-22(2)14-17-34(3)31(38)26-10-6-11-27(19-26)35(29(37)20-28(36)30-32-15-7-16-33-30)21-23-12-13-24-8-4-5-9-25(24)18-23/h4-13,15-16,18-19,22H,14,17,20-21H2,1-3H3. The van der Waals surface area contributed by atoms with E-state index in [-0.39, 0.29) is 24.7 Å². The lowest BCUT2D eigenvalue weighted by Crippen LogP contribution is -2.33. The highest BCUT2D eigenvalue weighted by Gasteiger charge is 2.23. The minimum absolute atomic E-state index is 0.00205. The van der Waals surface area contributed by atoms with Crippen LogP contribution in [0.2, 0.25) is 0 Å². The van der Waals surface area contributed by atoms with Gasteiger partial charge in [-0.05, 0) is 59.0 Å². The van der Waals surface area contributed by atoms with Gasteiger partial charge in [0.05, 0.1) is 13.0 Å². The highest BCUT2D eigenvalue weighted by molar-refractivity contribution is 6.10. The molecule has 0 radical (unpaired) electrons. The Labute approximate surface area is 223 Å². The van der Waals surface area contributed by atoms with E-state index in [1.807, 2.05) is 42.5 Å². The van der Waals surface area contributed by atoms with Gasteiger partial charge in [-0.15, -0.1) is 0 Å². The summed E-state index contributed by atoms with van der Waals surface area (Å²) in [5.74, 6) is -0.479. The molecule has 2 amide bonds. The first-order valence-corrected chi connectivity index (χ1v) is 12.8. The molecular weight excluding hydrogens is 476 g/mol. The smallest absolute Gasteiger partial charge is 0.253 e. The average molecular weight is 509 g/mol. The van der Waals surface area contributed by atoms with Crippen LogP contribution in [-0.4, -0.2) is 46.1 Å². The third kappa shape index (κ3) is 6.68. The molecule has 0 saturated carbocycles. The summed E-state index contributed by atoms with van der Waals surface area (Å²) in [6.07, 6.45) is 3.47. The van der Waals surface area contributed by atoms with Gasteiger partial charge in [-0.1, -0.05) is 56.3 Å². The Bertz CT molecular complexity index is 1440. The number of benzene rings is 3. The van der Waals surface area contributed by atoms with Crippen molar-refractivity contribution < 1.29 is 14.4 Å². The van der Waals surface area contributed by atoms with E-state index in [1.165, 1.54) is 12.4 Å². The monoisotopic (exact) mass is 508 g/mol. The van der Waals surface area contributed by atoms with E-state index in [9.17, 15) is 14.4 Å². The van der Waals surface area contributed by atoms with Gasteiger partial charge >= 0.3 is 0 Å². The maximum Gasteiger partial charge on any atom is 0.253 e. The number of aromatic nitrogens is 2. The van der Waals surface area contributed by atoms with Crippen LogP contribution in [0.5, 0.6) is 0 Å². The minimum atomic E-state index is -0.459. The van der Waals surface area contributed by atoms with Crippen molar-refractivity contribution in [2.45, 2.75) is 33.2 Å². The second-order valence-electron chi connectivity index (χ2n) is 9.79. The molecule has 0 unspecified atom stereocenters. The number of nitrogens with zero attached hydrogens (tertiary/aromatic N) is 4. The first-order chi connectivity index (χ1) is 18.3. The number of rotatable bonds is 10. The molecule has 0 aliphatic rings. The highest BCUT2D eigenvalue weighted by Crippen LogP contribution is 2.24. The normalized spacial score (nSPS) is 10.9. The summed E-state index contributed by atoms with van der Waals surface area (Å²) < 4.78 is 0. The fraction of sp³-hybridized carbons (Fsp3) is 0.258. The van der Waals surface area contributed by atoms with Gasteiger partial charge < -0.3 is 9.80 Å². The predicted molar refractivity (Wildman–Crippen MR) is 149 cm³/mol. The van der Waals surface area contributed by atoms with Gasteiger partial charge in [0, 0.05) is 37.2 Å². The van der Waals surface area contributed by atoms with Crippen molar-refractivity contribution in [2.75, 3.05) is 18.5 Å². The van der Waals surface area contributed by atoms with Gasteiger partial charge in [0.1, 0.15) is 0 Å². The molecule has 0 spiro atoms. The topological polar surface area (TPSA) is 83.5 Å². The molecular formula is C31H32N4O3. The van der Waals surface area contributed by atoms with Crippen LogP contribution in [0, 0.1) is 5.92 Å². The summed E-state index contributed by atoms with van der Waals surface area (Å²) in [6.45, 7) is 5.13. The maximum absolute atomic E-state index is 13.5. The van der Waals surface area contributed by atoms with E-state index in [2.05, 4.69) is 23.8 Å². The molecule has 0 atom stereocenters. The number of amides is 2. The summed E-state index contributed by atoms with van der Waals surface area (Å²) in [6, 6.07) is 22.7. The molecule has 0 saturated heterocycles. The number of ketones is 1. The highest BCUT2D eigenvalue weighted by atomic mass is 16.2. The lowest BCUT2D eigenvalue weighted by molar-refractivity contribution is -0.117. The Morgan fingerprint density at radius 2 is 1.58 bits per heavy atom. The van der Waals surface area contributed by atoms with E-state index in [0.717, 1.165) is 22.8 Å². The molecule has 4 aromatic rings. The van der Waals surface area contributed by atoms with Crippen molar-refractivity contribution in [3.05, 3.63) is 102 Å². The minimum Gasteiger partial charge on any atom is -0.342 e. The molecule has 1 heterocycles. The summed E-state index contributed by atoms with van der Waals surface area (Å²) in [5.41, 5.74) is 1.95. The van der Waals surface area contributed by atoms with Gasteiger partial charge in [0.25, 0.3) is 5.91 Å². The molecule has 3 aromatic carbocycles. The van der Waals surface area contributed by atoms with Gasteiger partial charge in [0.15, 0.2) is 5.82 Å². The van der Waals surface area contributed by atoms with Gasteiger partial charge in [-0.25, -0.2) is 9.97 Å². The summed E-state index contributed by atoms with van der Waals surface area (Å²) >= 11 is 0. The Kier molecular flexibility index (Phi) is 8.58. The van der Waals surface area contributed by atoms with Crippen molar-refractivity contribution in [1.82, 2.24) is 14.9 Å². The van der Waals surface area contributed by atoms with Gasteiger partial charge in [-0.3, -0.25) is 14.4 Å². The van der Waals surface area contributed by atoms with E-state index in [1.54, 1.807) is 47.2 Å². The number of carbonyl (C=O) groups excluding carboxylic acids is 3. The SMILES string of the molecule is CC(C)CCN(C)C(=O)c1cccc(N(Cc2ccc3ccccc3c2)C(=O)CC(=O)c2ncccn2)c1. The Balaban J connectivity index is 1.63. The van der Waals surface area contributed by atoms with Crippen molar-refractivity contribution in [2.24, 2.45) is 5.92 Å². The average Bonchev–Trinajstić information content (AvgIpc) is 2.94. The molecule has 0 fully saturated rings. The van der Waals surface area contributed by atoms with Crippen molar-refractivity contribution >= 4 is 34.1 Å². The van der Waals surface area contributed by atoms with Crippen molar-refractivity contribution in [3.63, 3.8) is 0 Å². The molecule has 0 N–H and O–H groups in total. The van der Waals surface area contributed by atoms with Crippen molar-refractivity contribution in [1.29, 1.82) is 0 Å². The second kappa shape index (κ2) is 12.2. The zero-order chi connectivity index (χ0) is 27.1. The van der Waals surface area contributed by atoms with Gasteiger partial charge in [-0.2, -0.15) is 0 Å². The molecule has 38 heavy (non-hydrogen) atoms. The molecule has 0 aliphatic heterocycles. The molecule has 7 heteroatoms. The number of anilines is 1. The van der Waals surface area contributed by atoms with Crippen LogP contribution < -0.4 is 4.90 Å². The van der Waals surface area contributed by atoms with Crippen LogP contribution in [0.25, 0.3) is 10.8 Å². The molecule has 0 aliphatic carbocycles. The molecule has 4 rings (SSSR count). The number of fused-ring (bicyclic) bond motifs is 1. The molecule has 0 bridgehead atoms. The lowest BCUT2D eigenvalue weighted by Gasteiger charge is -2.24. The van der Waals surface area contributed by atoms with E-state index in [0.29, 0.717) is 23.7 Å². The summed E-state index contributed by atoms with van der Waals surface area (Å²) in [7, 11) is 1.79. The van der Waals surface area contributed by atoms with Crippen molar-refractivity contribution in [3.8, 4) is 0 Å². The summed E-state index contributed by atoms with van der Waals surface area (Å²) in [5, 5.41) is 2.16. The molecule has 1 aromatic heterocycles. The number of hydrogen-bond acceptors (Lipinski definition) is 5. The predicted octanol–water partition coefficient (Wildman–Crippen LogP) is 5.55. The van der Waals surface area contributed by atoms with E-state index < -0.39 is 11.7 Å². The fourth-order valence-electron chi connectivity index (χ4n) is 4.18. The van der Waals surface area contributed by atoms with Crippen LogP contribution in [0.15, 0.2) is 85.2 Å². The number of carbonyl (C=O) groups is 3. The van der Waals surface area contributed by atoms with E-state index >= 15 is 0 Å². The van der Waals surface area contributed by atoms with Crippen LogP contribution in [0.3, 0.4) is 0 Å². The Morgan fingerprint density at radius 1 is 0.842 bits per heavy atom. The third-order valence-corrected chi connectivity index (χ3v) is 6.38. The zero-order valence-corrected chi connectivity index (χ0v) is 22.0. The first-order valence-electron chi connectivity index (χ1n) is 12.8.